The lowest BCUT2D eigenvalue weighted by Crippen LogP contribution is -2.49. The molecule has 6 nitrogen and oxygen atoms in total. The summed E-state index contributed by atoms with van der Waals surface area (Å²) in [5.74, 6) is 0.792. The van der Waals surface area contributed by atoms with Crippen LogP contribution in [0.4, 0.5) is 0 Å². The molecule has 3 heterocycles. The van der Waals surface area contributed by atoms with Gasteiger partial charge < -0.3 is 14.8 Å². The molecule has 0 aromatic carbocycles. The zero-order valence-electron chi connectivity index (χ0n) is 14.3. The van der Waals surface area contributed by atoms with Crippen molar-refractivity contribution in [3.05, 3.63) is 18.2 Å². The highest BCUT2D eigenvalue weighted by atomic mass is 16.2. The second kappa shape index (κ2) is 6.31. The molecule has 6 heteroatoms. The zero-order valence-corrected chi connectivity index (χ0v) is 14.3. The number of amides is 1. The highest BCUT2D eigenvalue weighted by Gasteiger charge is 2.43. The first kappa shape index (κ1) is 15.8. The minimum absolute atomic E-state index is 0.0243. The number of nitrogens with zero attached hydrogens (tertiary/aromatic N) is 3. The molecule has 1 aromatic heterocycles. The number of hydrogen-bond acceptors (Lipinski definition) is 4. The van der Waals surface area contributed by atoms with Gasteiger partial charge in [-0.1, -0.05) is 12.8 Å². The number of aryl methyl sites for hydroxylation is 1. The van der Waals surface area contributed by atoms with Gasteiger partial charge in [0.15, 0.2) is 0 Å². The smallest absolute Gasteiger partial charge is 0.240 e. The lowest BCUT2D eigenvalue weighted by atomic mass is 9.85. The Morgan fingerprint density at radius 2 is 2.04 bits per heavy atom. The molecule has 1 aromatic rings. The van der Waals surface area contributed by atoms with Crippen LogP contribution in [-0.2, 0) is 11.8 Å². The fourth-order valence-electron chi connectivity index (χ4n) is 4.78. The Balaban J connectivity index is 1.47. The van der Waals surface area contributed by atoms with E-state index in [1.165, 1.54) is 25.7 Å². The van der Waals surface area contributed by atoms with E-state index >= 15 is 0 Å². The summed E-state index contributed by atoms with van der Waals surface area (Å²) in [5.41, 5.74) is 0.591. The average Bonchev–Trinajstić information content (AvgIpc) is 3.32. The summed E-state index contributed by atoms with van der Waals surface area (Å²) in [5, 5.41) is 3.56. The monoisotopic (exact) mass is 330 g/mol. The van der Waals surface area contributed by atoms with E-state index in [-0.39, 0.29) is 23.8 Å². The molecule has 24 heavy (non-hydrogen) atoms. The molecule has 4 atom stereocenters. The Morgan fingerprint density at radius 1 is 1.21 bits per heavy atom. The third-order valence-corrected chi connectivity index (χ3v) is 6.07. The molecule has 1 aliphatic carbocycles. The van der Waals surface area contributed by atoms with Crippen molar-refractivity contribution < 1.29 is 9.59 Å². The van der Waals surface area contributed by atoms with Crippen LogP contribution < -0.4 is 5.32 Å². The van der Waals surface area contributed by atoms with E-state index in [1.807, 2.05) is 11.9 Å². The highest BCUT2D eigenvalue weighted by Crippen LogP contribution is 2.34. The van der Waals surface area contributed by atoms with E-state index < -0.39 is 0 Å². The number of Topliss-reactive ketones (excluding diaryl/α,β-unsaturated/α-hetero) is 1. The Morgan fingerprint density at radius 3 is 2.79 bits per heavy atom. The van der Waals surface area contributed by atoms with Crippen LogP contribution in [0.15, 0.2) is 12.5 Å². The molecule has 3 fully saturated rings. The van der Waals surface area contributed by atoms with Gasteiger partial charge in [0.05, 0.1) is 24.6 Å². The van der Waals surface area contributed by atoms with Crippen LogP contribution >= 0.6 is 0 Å². The standard InChI is InChI=1S/C18H26N4O2/c1-21-11-19-10-16(21)17(23)15-7-4-8-22(15)18(24)14-9-12-5-2-3-6-13(12)20-14/h10-15,20H,2-9H2,1H3/t12-,13-,14-,15-/m0/s1. The number of imidazole rings is 1. The summed E-state index contributed by atoms with van der Waals surface area (Å²) in [7, 11) is 1.82. The predicted octanol–water partition coefficient (Wildman–Crippen LogP) is 1.51. The molecule has 3 aliphatic rings. The van der Waals surface area contributed by atoms with Gasteiger partial charge in [0.1, 0.15) is 5.69 Å². The lowest BCUT2D eigenvalue weighted by molar-refractivity contribution is -0.133. The summed E-state index contributed by atoms with van der Waals surface area (Å²) < 4.78 is 1.74. The van der Waals surface area contributed by atoms with E-state index in [9.17, 15) is 9.59 Å². The van der Waals surface area contributed by atoms with Gasteiger partial charge in [0.2, 0.25) is 11.7 Å². The molecule has 0 bridgehead atoms. The Hall–Kier alpha value is -1.69. The molecule has 0 unspecified atom stereocenters. The van der Waals surface area contributed by atoms with Gasteiger partial charge in [0, 0.05) is 19.6 Å². The number of carbonyl (C=O) groups excluding carboxylic acids is 2. The first-order chi connectivity index (χ1) is 11.6. The van der Waals surface area contributed by atoms with E-state index in [2.05, 4.69) is 10.3 Å². The van der Waals surface area contributed by atoms with Crippen molar-refractivity contribution in [2.24, 2.45) is 13.0 Å². The maximum absolute atomic E-state index is 13.0. The summed E-state index contributed by atoms with van der Waals surface area (Å²) in [4.78, 5) is 31.7. The summed E-state index contributed by atoms with van der Waals surface area (Å²) in [6.45, 7) is 0.695. The molecule has 0 spiro atoms. The Labute approximate surface area is 142 Å². The minimum atomic E-state index is -0.322. The topological polar surface area (TPSA) is 67.2 Å². The van der Waals surface area contributed by atoms with Crippen molar-refractivity contribution in [2.75, 3.05) is 6.54 Å². The Bertz CT molecular complexity index is 627. The fraction of sp³-hybridized carbons (Fsp3) is 0.722. The quantitative estimate of drug-likeness (QED) is 0.853. The van der Waals surface area contributed by atoms with Crippen LogP contribution in [0.5, 0.6) is 0 Å². The van der Waals surface area contributed by atoms with Gasteiger partial charge in [-0.25, -0.2) is 4.98 Å². The molecular formula is C18H26N4O2. The fourth-order valence-corrected chi connectivity index (χ4v) is 4.78. The summed E-state index contributed by atoms with van der Waals surface area (Å²) in [6, 6.07) is 0.0805. The lowest BCUT2D eigenvalue weighted by Gasteiger charge is -2.27. The molecule has 0 radical (unpaired) electrons. The highest BCUT2D eigenvalue weighted by molar-refractivity contribution is 6.01. The summed E-state index contributed by atoms with van der Waals surface area (Å²) >= 11 is 0. The van der Waals surface area contributed by atoms with Crippen molar-refractivity contribution in [1.82, 2.24) is 19.8 Å². The van der Waals surface area contributed by atoms with Gasteiger partial charge in [-0.3, -0.25) is 9.59 Å². The van der Waals surface area contributed by atoms with Gasteiger partial charge >= 0.3 is 0 Å². The molecule has 1 amide bonds. The van der Waals surface area contributed by atoms with Crippen LogP contribution in [0.3, 0.4) is 0 Å². The molecule has 4 rings (SSSR count). The van der Waals surface area contributed by atoms with E-state index in [4.69, 9.17) is 0 Å². The number of ketones is 1. The molecule has 1 saturated carbocycles. The second-order valence-electron chi connectivity index (χ2n) is 7.55. The molecule has 2 saturated heterocycles. The normalized spacial score (nSPS) is 32.8. The van der Waals surface area contributed by atoms with Crippen molar-refractivity contribution in [1.29, 1.82) is 0 Å². The average molecular weight is 330 g/mol. The molecule has 1 N–H and O–H groups in total. The van der Waals surface area contributed by atoms with Crippen LogP contribution in [0, 0.1) is 5.92 Å². The number of hydrogen-bond donors (Lipinski definition) is 1. The van der Waals surface area contributed by atoms with Gasteiger partial charge in [-0.05, 0) is 38.0 Å². The zero-order chi connectivity index (χ0) is 16.7. The molecule has 2 aliphatic heterocycles. The first-order valence-corrected chi connectivity index (χ1v) is 9.22. The number of fused-ring (bicyclic) bond motifs is 1. The number of rotatable bonds is 3. The number of carbonyl (C=O) groups is 2. The third-order valence-electron chi connectivity index (χ3n) is 6.07. The number of likely N-dealkylation sites (tertiary alicyclic amines) is 1. The summed E-state index contributed by atoms with van der Waals surface area (Å²) in [6.07, 6.45) is 10.8. The SMILES string of the molecule is Cn1cncc1C(=O)[C@@H]1CCCN1C(=O)[C@@H]1C[C@@H]2CCCC[C@@H]2N1. The van der Waals surface area contributed by atoms with E-state index in [0.29, 0.717) is 24.2 Å². The van der Waals surface area contributed by atoms with E-state index in [0.717, 1.165) is 19.3 Å². The Kier molecular flexibility index (Phi) is 4.16. The van der Waals surface area contributed by atoms with Gasteiger partial charge in [0.25, 0.3) is 0 Å². The van der Waals surface area contributed by atoms with Gasteiger partial charge in [-0.15, -0.1) is 0 Å². The predicted molar refractivity (Wildman–Crippen MR) is 89.6 cm³/mol. The van der Waals surface area contributed by atoms with Crippen LogP contribution in [0.1, 0.15) is 55.4 Å². The number of aromatic nitrogens is 2. The number of nitrogens with one attached hydrogen (secondary N) is 1. The largest absolute Gasteiger partial charge is 0.331 e. The minimum Gasteiger partial charge on any atom is -0.331 e. The van der Waals surface area contributed by atoms with Crippen molar-refractivity contribution in [3.8, 4) is 0 Å². The van der Waals surface area contributed by atoms with Crippen molar-refractivity contribution in [2.45, 2.75) is 63.1 Å². The van der Waals surface area contributed by atoms with Crippen LogP contribution in [-0.4, -0.2) is 50.8 Å². The van der Waals surface area contributed by atoms with Crippen LogP contribution in [0.25, 0.3) is 0 Å². The molecule has 130 valence electrons. The van der Waals surface area contributed by atoms with Crippen molar-refractivity contribution in [3.63, 3.8) is 0 Å². The van der Waals surface area contributed by atoms with Crippen LogP contribution in [0.2, 0.25) is 0 Å². The molecular weight excluding hydrogens is 304 g/mol. The maximum atomic E-state index is 13.0. The second-order valence-corrected chi connectivity index (χ2v) is 7.55. The van der Waals surface area contributed by atoms with Crippen molar-refractivity contribution >= 4 is 11.7 Å². The first-order valence-electron chi connectivity index (χ1n) is 9.22. The van der Waals surface area contributed by atoms with E-state index in [1.54, 1.807) is 17.1 Å². The third kappa shape index (κ3) is 2.66. The maximum Gasteiger partial charge on any atom is 0.240 e. The van der Waals surface area contributed by atoms with Gasteiger partial charge in [-0.2, -0.15) is 0 Å².